The van der Waals surface area contributed by atoms with E-state index < -0.39 is 12.6 Å². The normalized spacial score (nSPS) is 15.2. The summed E-state index contributed by atoms with van der Waals surface area (Å²) in [5, 5.41) is 9.24. The van der Waals surface area contributed by atoms with Gasteiger partial charge in [0, 0.05) is 25.7 Å². The van der Waals surface area contributed by atoms with Gasteiger partial charge in [0.05, 0.1) is 23.7 Å². The summed E-state index contributed by atoms with van der Waals surface area (Å²) >= 11 is 0. The lowest BCUT2D eigenvalue weighted by atomic mass is 10.0. The van der Waals surface area contributed by atoms with Crippen LogP contribution in [0.3, 0.4) is 0 Å². The summed E-state index contributed by atoms with van der Waals surface area (Å²) in [5.41, 5.74) is 3.06. The van der Waals surface area contributed by atoms with E-state index in [4.69, 9.17) is 9.47 Å². The number of benzene rings is 2. The highest BCUT2D eigenvalue weighted by Crippen LogP contribution is 2.32. The van der Waals surface area contributed by atoms with Crippen molar-refractivity contribution in [3.63, 3.8) is 0 Å². The Morgan fingerprint density at radius 1 is 1.19 bits per heavy atom. The number of fused-ring (bicyclic) bond motifs is 1. The van der Waals surface area contributed by atoms with Crippen molar-refractivity contribution < 1.29 is 23.8 Å². The van der Waals surface area contributed by atoms with Crippen LogP contribution in [0, 0.1) is 6.92 Å². The highest BCUT2D eigenvalue weighted by molar-refractivity contribution is 5.92. The first-order valence-electron chi connectivity index (χ1n) is 10.8. The van der Waals surface area contributed by atoms with Gasteiger partial charge in [-0.3, -0.25) is 4.90 Å². The van der Waals surface area contributed by atoms with Gasteiger partial charge in [-0.1, -0.05) is 6.07 Å². The van der Waals surface area contributed by atoms with Gasteiger partial charge in [-0.2, -0.15) is 0 Å². The number of aryl methyl sites for hydroxylation is 1. The van der Waals surface area contributed by atoms with Gasteiger partial charge in [0.25, 0.3) is 0 Å². The van der Waals surface area contributed by atoms with Gasteiger partial charge in [-0.05, 0) is 55.7 Å². The Kier molecular flexibility index (Phi) is 6.60. The Morgan fingerprint density at radius 2 is 1.97 bits per heavy atom. The van der Waals surface area contributed by atoms with Crippen LogP contribution in [0.15, 0.2) is 36.4 Å². The Bertz CT molecular complexity index is 1110. The molecule has 3 aromatic rings. The lowest BCUT2D eigenvalue weighted by molar-refractivity contribution is 0.0697. The summed E-state index contributed by atoms with van der Waals surface area (Å²) in [5.74, 6) is 1.14. The molecule has 0 unspecified atom stereocenters. The van der Waals surface area contributed by atoms with Crippen molar-refractivity contribution in [2.75, 3.05) is 33.5 Å². The number of aromatic nitrogens is 2. The fourth-order valence-electron chi connectivity index (χ4n) is 4.49. The summed E-state index contributed by atoms with van der Waals surface area (Å²) in [6.07, 6.45) is 1.96. The molecule has 2 heterocycles. The number of rotatable bonds is 8. The summed E-state index contributed by atoms with van der Waals surface area (Å²) in [4.78, 5) is 18.3. The van der Waals surface area contributed by atoms with Crippen molar-refractivity contribution in [1.29, 1.82) is 0 Å². The van der Waals surface area contributed by atoms with Crippen LogP contribution in [0.25, 0.3) is 11.0 Å². The number of alkyl halides is 1. The number of likely N-dealkylation sites (tertiary alicyclic amines) is 1. The van der Waals surface area contributed by atoms with Crippen LogP contribution in [0.4, 0.5) is 4.39 Å². The Labute approximate surface area is 186 Å². The summed E-state index contributed by atoms with van der Waals surface area (Å²) < 4.78 is 25.6. The number of carboxylic acid groups (broad SMARTS) is 1. The quantitative estimate of drug-likeness (QED) is 0.564. The van der Waals surface area contributed by atoms with Gasteiger partial charge in [-0.15, -0.1) is 0 Å². The molecule has 2 aromatic carbocycles. The molecule has 7 nitrogen and oxygen atoms in total. The number of imidazole rings is 1. The first-order chi connectivity index (χ1) is 15.5. The van der Waals surface area contributed by atoms with Gasteiger partial charge in [0.2, 0.25) is 0 Å². The molecule has 1 saturated heterocycles. The van der Waals surface area contributed by atoms with Crippen molar-refractivity contribution in [1.82, 2.24) is 14.5 Å². The molecule has 1 aliphatic heterocycles. The molecule has 0 radical (unpaired) electrons. The fourth-order valence-corrected chi connectivity index (χ4v) is 4.49. The third-order valence-corrected chi connectivity index (χ3v) is 6.00. The summed E-state index contributed by atoms with van der Waals surface area (Å²) in [6, 6.07) is 11.3. The minimum atomic E-state index is -0.941. The minimum Gasteiger partial charge on any atom is -0.493 e. The van der Waals surface area contributed by atoms with E-state index in [1.807, 2.05) is 31.2 Å². The van der Waals surface area contributed by atoms with Gasteiger partial charge in [0.1, 0.15) is 19.1 Å². The zero-order valence-corrected chi connectivity index (χ0v) is 18.4. The molecule has 32 heavy (non-hydrogen) atoms. The second-order valence-corrected chi connectivity index (χ2v) is 8.07. The number of hydrogen-bond donors (Lipinski definition) is 1. The van der Waals surface area contributed by atoms with Gasteiger partial charge < -0.3 is 19.1 Å². The maximum absolute atomic E-state index is 12.5. The van der Waals surface area contributed by atoms with E-state index >= 15 is 0 Å². The molecule has 1 aliphatic rings. The number of carbonyl (C=O) groups is 1. The monoisotopic (exact) mass is 441 g/mol. The van der Waals surface area contributed by atoms with Crippen LogP contribution in [-0.2, 0) is 6.54 Å². The molecule has 0 amide bonds. The van der Waals surface area contributed by atoms with Crippen LogP contribution >= 0.6 is 0 Å². The largest absolute Gasteiger partial charge is 0.493 e. The predicted octanol–water partition coefficient (Wildman–Crippen LogP) is 4.24. The lowest BCUT2D eigenvalue weighted by Gasteiger charge is -2.33. The number of piperidine rings is 1. The topological polar surface area (TPSA) is 76.8 Å². The highest BCUT2D eigenvalue weighted by atomic mass is 19.1. The third kappa shape index (κ3) is 4.55. The smallest absolute Gasteiger partial charge is 0.335 e. The van der Waals surface area contributed by atoms with E-state index in [0.717, 1.165) is 54.9 Å². The van der Waals surface area contributed by atoms with E-state index in [1.54, 1.807) is 19.2 Å². The molecule has 0 bridgehead atoms. The zero-order chi connectivity index (χ0) is 22.7. The number of halogens is 1. The van der Waals surface area contributed by atoms with Crippen LogP contribution < -0.4 is 9.47 Å². The molecule has 4 rings (SSSR count). The van der Waals surface area contributed by atoms with E-state index in [0.29, 0.717) is 17.5 Å². The Balaban J connectivity index is 1.44. The third-order valence-electron chi connectivity index (χ3n) is 6.00. The van der Waals surface area contributed by atoms with E-state index in [2.05, 4.69) is 14.5 Å². The number of aromatic carboxylic acids is 1. The second-order valence-electron chi connectivity index (χ2n) is 8.07. The van der Waals surface area contributed by atoms with Gasteiger partial charge >= 0.3 is 5.97 Å². The number of carboxylic acids is 1. The van der Waals surface area contributed by atoms with E-state index in [-0.39, 0.29) is 12.2 Å². The van der Waals surface area contributed by atoms with Crippen molar-refractivity contribution >= 4 is 17.0 Å². The minimum absolute atomic E-state index is 0.0113. The lowest BCUT2D eigenvalue weighted by Crippen LogP contribution is -2.34. The molecule has 0 spiro atoms. The van der Waals surface area contributed by atoms with Crippen LogP contribution in [0.2, 0.25) is 0 Å². The molecule has 8 heteroatoms. The van der Waals surface area contributed by atoms with Gasteiger partial charge in [0.15, 0.2) is 11.5 Å². The number of methoxy groups -OCH3 is 1. The van der Waals surface area contributed by atoms with Crippen molar-refractivity contribution in [2.45, 2.75) is 32.4 Å². The van der Waals surface area contributed by atoms with Crippen LogP contribution in [0.1, 0.15) is 40.6 Å². The highest BCUT2D eigenvalue weighted by Gasteiger charge is 2.24. The maximum atomic E-state index is 12.5. The average molecular weight is 442 g/mol. The molecule has 0 aliphatic carbocycles. The second kappa shape index (κ2) is 9.56. The average Bonchev–Trinajstić information content (AvgIpc) is 3.13. The molecule has 1 aromatic heterocycles. The molecular weight excluding hydrogens is 413 g/mol. The number of ether oxygens (including phenoxy) is 2. The van der Waals surface area contributed by atoms with E-state index in [1.165, 1.54) is 0 Å². The van der Waals surface area contributed by atoms with Crippen molar-refractivity contribution in [3.05, 3.63) is 53.3 Å². The zero-order valence-electron chi connectivity index (χ0n) is 18.4. The molecule has 1 fully saturated rings. The predicted molar refractivity (Wildman–Crippen MR) is 119 cm³/mol. The summed E-state index contributed by atoms with van der Waals surface area (Å²) in [6.45, 7) is 4.10. The molecule has 170 valence electrons. The Morgan fingerprint density at radius 3 is 2.66 bits per heavy atom. The molecular formula is C24H28FN3O4. The summed E-state index contributed by atoms with van der Waals surface area (Å²) in [7, 11) is 1.58. The number of nitrogens with zero attached hydrogens (tertiary/aromatic N) is 3. The molecule has 0 atom stereocenters. The Hall–Kier alpha value is -3.13. The van der Waals surface area contributed by atoms with Crippen molar-refractivity contribution in [2.24, 2.45) is 0 Å². The molecule has 0 saturated carbocycles. The molecule has 1 N–H and O–H groups in total. The first kappa shape index (κ1) is 22.1. The van der Waals surface area contributed by atoms with Crippen molar-refractivity contribution in [3.8, 4) is 11.5 Å². The fraction of sp³-hybridized carbons (Fsp3) is 0.417. The number of hydrogen-bond acceptors (Lipinski definition) is 5. The SMILES string of the molecule is COc1ccc(CN2CCC(n3c(C)nc4cc(C(=O)O)ccc43)CC2)cc1OCCF. The van der Waals surface area contributed by atoms with Crippen LogP contribution in [0.5, 0.6) is 11.5 Å². The van der Waals surface area contributed by atoms with Gasteiger partial charge in [-0.25, -0.2) is 14.2 Å². The van der Waals surface area contributed by atoms with E-state index in [9.17, 15) is 14.3 Å². The first-order valence-corrected chi connectivity index (χ1v) is 10.8. The van der Waals surface area contributed by atoms with Crippen LogP contribution in [-0.4, -0.2) is 59.0 Å². The standard InChI is InChI=1S/C24H28FN3O4/c1-16-26-20-14-18(24(29)30)4-5-21(20)28(16)19-7-10-27(11-8-19)15-17-3-6-22(31-2)23(13-17)32-12-9-25/h3-6,13-14,19H,7-12,15H2,1-2H3,(H,29,30). The maximum Gasteiger partial charge on any atom is 0.335 e.